The molecular weight excluding hydrogens is 308 g/mol. The van der Waals surface area contributed by atoms with Crippen molar-refractivity contribution in [3.05, 3.63) is 35.9 Å². The third-order valence-electron chi connectivity index (χ3n) is 4.06. The predicted molar refractivity (Wildman–Crippen MR) is 91.8 cm³/mol. The molecule has 1 heterocycles. The molecule has 0 saturated carbocycles. The van der Waals surface area contributed by atoms with Gasteiger partial charge in [0.2, 0.25) is 0 Å². The fourth-order valence-electron chi connectivity index (χ4n) is 2.95. The summed E-state index contributed by atoms with van der Waals surface area (Å²) >= 11 is 0. The molecule has 1 aromatic rings. The average molecular weight is 336 g/mol. The second-order valence-corrected chi connectivity index (χ2v) is 7.22. The molecule has 1 saturated heterocycles. The largest absolute Gasteiger partial charge is 0.444 e. The molecular formula is C18H28N2O4. The summed E-state index contributed by atoms with van der Waals surface area (Å²) in [4.78, 5) is 14.2. The van der Waals surface area contributed by atoms with E-state index in [1.54, 1.807) is 7.11 Å². The van der Waals surface area contributed by atoms with Gasteiger partial charge in [0, 0.05) is 26.7 Å². The van der Waals surface area contributed by atoms with E-state index in [9.17, 15) is 9.90 Å². The SMILES string of the molecule is COCCN1C[C@@H](NC(=O)OC(C)(C)C)[C@@](O)(c2ccccc2)C1. The maximum atomic E-state index is 12.2. The Labute approximate surface area is 143 Å². The minimum atomic E-state index is -1.16. The van der Waals surface area contributed by atoms with Gasteiger partial charge >= 0.3 is 6.09 Å². The highest BCUT2D eigenvalue weighted by molar-refractivity contribution is 5.68. The first-order chi connectivity index (χ1) is 11.2. The van der Waals surface area contributed by atoms with Crippen LogP contribution in [-0.4, -0.2) is 61.1 Å². The number of benzene rings is 1. The van der Waals surface area contributed by atoms with Crippen LogP contribution in [0.25, 0.3) is 0 Å². The van der Waals surface area contributed by atoms with Crippen molar-refractivity contribution >= 4 is 6.09 Å². The summed E-state index contributed by atoms with van der Waals surface area (Å²) in [6, 6.07) is 8.98. The van der Waals surface area contributed by atoms with Crippen LogP contribution in [0.3, 0.4) is 0 Å². The summed E-state index contributed by atoms with van der Waals surface area (Å²) in [7, 11) is 1.65. The number of carbonyl (C=O) groups excluding carboxylic acids is 1. The number of likely N-dealkylation sites (tertiary alicyclic amines) is 1. The highest BCUT2D eigenvalue weighted by Crippen LogP contribution is 2.32. The van der Waals surface area contributed by atoms with Crippen molar-refractivity contribution in [3.8, 4) is 0 Å². The Kier molecular flexibility index (Phi) is 5.85. The zero-order chi connectivity index (χ0) is 17.8. The van der Waals surface area contributed by atoms with Gasteiger partial charge in [0.25, 0.3) is 0 Å². The van der Waals surface area contributed by atoms with Crippen molar-refractivity contribution in [2.45, 2.75) is 38.0 Å². The second kappa shape index (κ2) is 7.51. The van der Waals surface area contributed by atoms with E-state index in [1.165, 1.54) is 0 Å². The molecule has 134 valence electrons. The maximum absolute atomic E-state index is 12.2. The van der Waals surface area contributed by atoms with Crippen LogP contribution in [0.15, 0.2) is 30.3 Å². The highest BCUT2D eigenvalue weighted by atomic mass is 16.6. The molecule has 0 aliphatic carbocycles. The smallest absolute Gasteiger partial charge is 0.408 e. The number of ether oxygens (including phenoxy) is 2. The number of rotatable bonds is 5. The number of nitrogens with zero attached hydrogens (tertiary/aromatic N) is 1. The van der Waals surface area contributed by atoms with Crippen LogP contribution < -0.4 is 5.32 Å². The quantitative estimate of drug-likeness (QED) is 0.857. The first-order valence-corrected chi connectivity index (χ1v) is 8.23. The third kappa shape index (κ3) is 4.69. The summed E-state index contributed by atoms with van der Waals surface area (Å²) in [6.45, 7) is 7.68. The van der Waals surface area contributed by atoms with Crippen LogP contribution in [-0.2, 0) is 15.1 Å². The van der Waals surface area contributed by atoms with Gasteiger partial charge < -0.3 is 19.9 Å². The Hall–Kier alpha value is -1.63. The van der Waals surface area contributed by atoms with E-state index in [4.69, 9.17) is 9.47 Å². The van der Waals surface area contributed by atoms with Gasteiger partial charge in [0.15, 0.2) is 0 Å². The van der Waals surface area contributed by atoms with Gasteiger partial charge in [0.1, 0.15) is 11.2 Å². The fraction of sp³-hybridized carbons (Fsp3) is 0.611. The number of β-amino-alcohol motifs (C(OH)–C–C–N with tert-alkyl or cyclic N) is 1. The van der Waals surface area contributed by atoms with Gasteiger partial charge in [-0.2, -0.15) is 0 Å². The number of methoxy groups -OCH3 is 1. The lowest BCUT2D eigenvalue weighted by Crippen LogP contribution is -2.51. The molecule has 2 rings (SSSR count). The number of nitrogens with one attached hydrogen (secondary N) is 1. The van der Waals surface area contributed by atoms with E-state index in [1.807, 2.05) is 51.1 Å². The Morgan fingerprint density at radius 3 is 2.62 bits per heavy atom. The molecule has 2 atom stereocenters. The van der Waals surface area contributed by atoms with E-state index in [2.05, 4.69) is 10.2 Å². The van der Waals surface area contributed by atoms with Gasteiger partial charge in [-0.15, -0.1) is 0 Å². The summed E-state index contributed by atoms with van der Waals surface area (Å²) in [5.74, 6) is 0. The predicted octanol–water partition coefficient (Wildman–Crippen LogP) is 1.73. The molecule has 1 aliphatic heterocycles. The maximum Gasteiger partial charge on any atom is 0.408 e. The standard InChI is InChI=1S/C18H28N2O4/c1-17(2,3)24-16(21)19-15-12-20(10-11-23-4)13-18(15,22)14-8-6-5-7-9-14/h5-9,15,22H,10-13H2,1-4H3,(H,19,21)/t15-,18+/m1/s1. The van der Waals surface area contributed by atoms with Crippen LogP contribution in [0.1, 0.15) is 26.3 Å². The summed E-state index contributed by atoms with van der Waals surface area (Å²) in [6.07, 6.45) is -0.518. The first kappa shape index (κ1) is 18.7. The van der Waals surface area contributed by atoms with Gasteiger partial charge in [-0.05, 0) is 26.3 Å². The zero-order valence-corrected chi connectivity index (χ0v) is 14.9. The Bertz CT molecular complexity index is 544. The first-order valence-electron chi connectivity index (χ1n) is 8.23. The van der Waals surface area contributed by atoms with Crippen LogP contribution in [0.5, 0.6) is 0 Å². The van der Waals surface area contributed by atoms with E-state index < -0.39 is 23.3 Å². The number of aliphatic hydroxyl groups is 1. The van der Waals surface area contributed by atoms with Crippen molar-refractivity contribution in [2.24, 2.45) is 0 Å². The van der Waals surface area contributed by atoms with E-state index in [0.29, 0.717) is 26.2 Å². The molecule has 0 spiro atoms. The van der Waals surface area contributed by atoms with Crippen LogP contribution >= 0.6 is 0 Å². The lowest BCUT2D eigenvalue weighted by Gasteiger charge is -2.31. The monoisotopic (exact) mass is 336 g/mol. The molecule has 0 radical (unpaired) electrons. The summed E-state index contributed by atoms with van der Waals surface area (Å²) in [5.41, 5.74) is -0.958. The fourth-order valence-corrected chi connectivity index (χ4v) is 2.95. The van der Waals surface area contributed by atoms with Crippen LogP contribution in [0.4, 0.5) is 4.79 Å². The van der Waals surface area contributed by atoms with Crippen molar-refractivity contribution in [3.63, 3.8) is 0 Å². The van der Waals surface area contributed by atoms with E-state index in [0.717, 1.165) is 5.56 Å². The molecule has 1 amide bonds. The molecule has 0 unspecified atom stereocenters. The normalized spacial score (nSPS) is 24.8. The Morgan fingerprint density at radius 2 is 2.04 bits per heavy atom. The molecule has 1 aliphatic rings. The molecule has 6 heteroatoms. The molecule has 6 nitrogen and oxygen atoms in total. The molecule has 1 fully saturated rings. The molecule has 1 aromatic carbocycles. The van der Waals surface area contributed by atoms with Crippen molar-refractivity contribution in [1.29, 1.82) is 0 Å². The minimum Gasteiger partial charge on any atom is -0.444 e. The van der Waals surface area contributed by atoms with E-state index >= 15 is 0 Å². The van der Waals surface area contributed by atoms with Gasteiger partial charge in [-0.1, -0.05) is 30.3 Å². The number of alkyl carbamates (subject to hydrolysis) is 1. The third-order valence-corrected chi connectivity index (χ3v) is 4.06. The zero-order valence-electron chi connectivity index (χ0n) is 14.9. The topological polar surface area (TPSA) is 71.0 Å². The number of hydrogen-bond donors (Lipinski definition) is 2. The minimum absolute atomic E-state index is 0.431. The molecule has 0 bridgehead atoms. The number of carbonyl (C=O) groups is 1. The number of hydrogen-bond acceptors (Lipinski definition) is 5. The highest BCUT2D eigenvalue weighted by Gasteiger charge is 2.47. The Morgan fingerprint density at radius 1 is 1.38 bits per heavy atom. The Balaban J connectivity index is 2.16. The van der Waals surface area contributed by atoms with Crippen molar-refractivity contribution in [1.82, 2.24) is 10.2 Å². The lowest BCUT2D eigenvalue weighted by atomic mass is 9.89. The number of amides is 1. The van der Waals surface area contributed by atoms with Crippen LogP contribution in [0, 0.1) is 0 Å². The van der Waals surface area contributed by atoms with Crippen LogP contribution in [0.2, 0.25) is 0 Å². The molecule has 24 heavy (non-hydrogen) atoms. The van der Waals surface area contributed by atoms with Crippen molar-refractivity contribution < 1.29 is 19.4 Å². The summed E-state index contributed by atoms with van der Waals surface area (Å²) < 4.78 is 10.5. The van der Waals surface area contributed by atoms with E-state index in [-0.39, 0.29) is 0 Å². The van der Waals surface area contributed by atoms with Crippen molar-refractivity contribution in [2.75, 3.05) is 33.4 Å². The molecule has 2 N–H and O–H groups in total. The second-order valence-electron chi connectivity index (χ2n) is 7.22. The average Bonchev–Trinajstić information content (AvgIpc) is 2.81. The van der Waals surface area contributed by atoms with Gasteiger partial charge in [-0.25, -0.2) is 4.79 Å². The van der Waals surface area contributed by atoms with Gasteiger partial charge in [0.05, 0.1) is 12.6 Å². The molecule has 0 aromatic heterocycles. The van der Waals surface area contributed by atoms with Gasteiger partial charge in [-0.3, -0.25) is 4.90 Å². The summed E-state index contributed by atoms with van der Waals surface area (Å²) in [5, 5.41) is 14.1. The lowest BCUT2D eigenvalue weighted by molar-refractivity contribution is 0.00983.